The van der Waals surface area contributed by atoms with E-state index >= 15 is 0 Å². The molecule has 0 atom stereocenters. The first-order chi connectivity index (χ1) is 15.3. The molecule has 0 spiro atoms. The minimum atomic E-state index is 0.329. The Balaban J connectivity index is 0.000000247. The Labute approximate surface area is 204 Å². The van der Waals surface area contributed by atoms with Gasteiger partial charge in [0.25, 0.3) is 0 Å². The zero-order chi connectivity index (χ0) is 25.3. The lowest BCUT2D eigenvalue weighted by Crippen LogP contribution is -2.00. The van der Waals surface area contributed by atoms with Crippen LogP contribution < -0.4 is 0 Å². The minimum absolute atomic E-state index is 0.329. The first-order valence-corrected chi connectivity index (χ1v) is 12.9. The lowest BCUT2D eigenvalue weighted by Gasteiger charge is -2.01. The lowest BCUT2D eigenvalue weighted by molar-refractivity contribution is 0.417. The monoisotopic (exact) mass is 476 g/mol. The number of thiazole rings is 1. The molecule has 7 nitrogen and oxygen atoms in total. The van der Waals surface area contributed by atoms with Crippen molar-refractivity contribution in [1.29, 1.82) is 0 Å². The van der Waals surface area contributed by atoms with Gasteiger partial charge < -0.3 is 4.42 Å². The number of aromatic nitrogens is 6. The van der Waals surface area contributed by atoms with E-state index in [-0.39, 0.29) is 0 Å². The second-order valence-electron chi connectivity index (χ2n) is 10.1. The Morgan fingerprint density at radius 2 is 1.24 bits per heavy atom. The molecule has 0 radical (unpaired) electrons. The highest BCUT2D eigenvalue weighted by Gasteiger charge is 2.11. The average Bonchev–Trinajstić information content (AvgIpc) is 3.49. The zero-order valence-electron chi connectivity index (χ0n) is 22.6. The quantitative estimate of drug-likeness (QED) is 0.362. The number of nitrogens with zero attached hydrogens (tertiary/aromatic N) is 6. The van der Waals surface area contributed by atoms with Crippen molar-refractivity contribution in [3.05, 3.63) is 39.8 Å². The molecule has 8 heteroatoms. The van der Waals surface area contributed by atoms with Crippen LogP contribution in [0.4, 0.5) is 0 Å². The molecule has 0 bridgehead atoms. The van der Waals surface area contributed by atoms with E-state index < -0.39 is 0 Å². The number of hydrogen-bond donors (Lipinski definition) is 0. The molecule has 3 aromatic rings. The molecular formula is C25H44N6OS. The Morgan fingerprint density at radius 1 is 0.697 bits per heavy atom. The summed E-state index contributed by atoms with van der Waals surface area (Å²) >= 11 is 1.84. The van der Waals surface area contributed by atoms with Crippen LogP contribution in [-0.2, 0) is 0 Å². The Hall–Kier alpha value is -2.09. The molecule has 0 fully saturated rings. The molecule has 3 aromatic heterocycles. The second-order valence-corrected chi connectivity index (χ2v) is 11.2. The third kappa shape index (κ3) is 9.74. The summed E-state index contributed by atoms with van der Waals surface area (Å²) in [5.74, 6) is 3.79. The minimum Gasteiger partial charge on any atom is -0.425 e. The first kappa shape index (κ1) is 28.9. The summed E-state index contributed by atoms with van der Waals surface area (Å²) in [6.45, 7) is 25.4. The summed E-state index contributed by atoms with van der Waals surface area (Å²) in [7, 11) is 0. The Bertz CT molecular complexity index is 734. The van der Waals surface area contributed by atoms with Gasteiger partial charge in [-0.15, -0.1) is 26.6 Å². The van der Waals surface area contributed by atoms with Crippen molar-refractivity contribution in [2.75, 3.05) is 0 Å². The highest BCUT2D eigenvalue weighted by molar-refractivity contribution is 7.11. The normalized spacial score (nSPS) is 11.5. The Morgan fingerprint density at radius 3 is 1.48 bits per heavy atom. The van der Waals surface area contributed by atoms with Crippen LogP contribution in [0.15, 0.2) is 16.8 Å². The fourth-order valence-electron chi connectivity index (χ4n) is 2.36. The van der Waals surface area contributed by atoms with E-state index in [1.807, 2.05) is 56.1 Å². The summed E-state index contributed by atoms with van der Waals surface area (Å²) in [6, 6.07) is 0.412. The van der Waals surface area contributed by atoms with E-state index in [4.69, 9.17) is 4.42 Å². The van der Waals surface area contributed by atoms with Gasteiger partial charge in [0.15, 0.2) is 0 Å². The first-order valence-electron chi connectivity index (χ1n) is 12.0. The van der Waals surface area contributed by atoms with E-state index in [0.29, 0.717) is 35.6 Å². The molecule has 0 unspecified atom stereocenters. The molecule has 186 valence electrons. The largest absolute Gasteiger partial charge is 0.425 e. The predicted molar refractivity (Wildman–Crippen MR) is 137 cm³/mol. The van der Waals surface area contributed by atoms with Crippen LogP contribution >= 0.6 is 11.3 Å². The molecule has 0 N–H and O–H groups in total. The molecule has 33 heavy (non-hydrogen) atoms. The van der Waals surface area contributed by atoms with E-state index in [2.05, 4.69) is 80.9 Å². The Kier molecular flexibility index (Phi) is 11.9. The molecule has 0 aliphatic rings. The molecular weight excluding hydrogens is 432 g/mol. The average molecular weight is 477 g/mol. The van der Waals surface area contributed by atoms with Gasteiger partial charge in [-0.2, -0.15) is 0 Å². The summed E-state index contributed by atoms with van der Waals surface area (Å²) in [6.07, 6.45) is 4.01. The van der Waals surface area contributed by atoms with Crippen LogP contribution in [0.1, 0.15) is 146 Å². The standard InChI is InChI=1S/C9H15NS.C8H15N3.C8H14N2O/c1-6(2)8-5-10-9(11-8)7(3)4;1-6(2)8-5-11(7(3)4)10-9-8;1-5(2)7-9-10-8(11-7)6(3)4/h2*5-7H,1-4H3;5-6H,1-4H3. The van der Waals surface area contributed by atoms with Gasteiger partial charge in [-0.3, -0.25) is 0 Å². The van der Waals surface area contributed by atoms with Crippen molar-refractivity contribution in [3.8, 4) is 0 Å². The van der Waals surface area contributed by atoms with Gasteiger partial charge in [-0.25, -0.2) is 9.67 Å². The van der Waals surface area contributed by atoms with E-state index in [9.17, 15) is 0 Å². The highest BCUT2D eigenvalue weighted by atomic mass is 32.1. The van der Waals surface area contributed by atoms with Crippen LogP contribution in [-0.4, -0.2) is 30.2 Å². The number of rotatable bonds is 6. The molecule has 0 saturated carbocycles. The van der Waals surface area contributed by atoms with Crippen LogP contribution in [0.3, 0.4) is 0 Å². The van der Waals surface area contributed by atoms with Crippen molar-refractivity contribution >= 4 is 11.3 Å². The van der Waals surface area contributed by atoms with Gasteiger partial charge in [0.1, 0.15) is 0 Å². The van der Waals surface area contributed by atoms with E-state index in [1.165, 1.54) is 9.88 Å². The van der Waals surface area contributed by atoms with Gasteiger partial charge in [-0.1, -0.05) is 74.5 Å². The maximum atomic E-state index is 5.38. The number of hydrogen-bond acceptors (Lipinski definition) is 7. The molecule has 0 aromatic carbocycles. The van der Waals surface area contributed by atoms with Crippen molar-refractivity contribution < 1.29 is 4.42 Å². The second kappa shape index (κ2) is 13.6. The topological polar surface area (TPSA) is 82.5 Å². The van der Waals surface area contributed by atoms with E-state index in [1.54, 1.807) is 0 Å². The van der Waals surface area contributed by atoms with Crippen LogP contribution in [0, 0.1) is 0 Å². The van der Waals surface area contributed by atoms with Crippen molar-refractivity contribution in [3.63, 3.8) is 0 Å². The van der Waals surface area contributed by atoms with Crippen molar-refractivity contribution in [2.24, 2.45) is 0 Å². The molecule has 0 saturated heterocycles. The molecule has 0 amide bonds. The third-order valence-electron chi connectivity index (χ3n) is 4.70. The summed E-state index contributed by atoms with van der Waals surface area (Å²) in [5.41, 5.74) is 1.07. The molecule has 3 heterocycles. The lowest BCUT2D eigenvalue weighted by atomic mass is 10.2. The van der Waals surface area contributed by atoms with E-state index in [0.717, 1.165) is 17.5 Å². The summed E-state index contributed by atoms with van der Waals surface area (Å²) < 4.78 is 7.27. The highest BCUT2D eigenvalue weighted by Crippen LogP contribution is 2.26. The SMILES string of the molecule is CC(C)c1cn(C(C)C)nn1.CC(C)c1cnc(C(C)C)s1.CC(C)c1nnc(C(C)C)o1. The predicted octanol–water partition coefficient (Wildman–Crippen LogP) is 7.69. The molecule has 0 aliphatic carbocycles. The molecule has 3 rings (SSSR count). The third-order valence-corrected chi connectivity index (χ3v) is 6.30. The fraction of sp³-hybridized carbons (Fsp3) is 0.720. The van der Waals surface area contributed by atoms with Crippen molar-refractivity contribution in [2.45, 2.75) is 119 Å². The van der Waals surface area contributed by atoms with Crippen molar-refractivity contribution in [1.82, 2.24) is 30.2 Å². The van der Waals surface area contributed by atoms with Crippen LogP contribution in [0.2, 0.25) is 0 Å². The van der Waals surface area contributed by atoms with Crippen LogP contribution in [0.5, 0.6) is 0 Å². The smallest absolute Gasteiger partial charge is 0.219 e. The van der Waals surface area contributed by atoms with Gasteiger partial charge >= 0.3 is 0 Å². The van der Waals surface area contributed by atoms with Gasteiger partial charge in [-0.05, 0) is 25.7 Å². The maximum absolute atomic E-state index is 5.38. The van der Waals surface area contributed by atoms with Crippen LogP contribution in [0.25, 0.3) is 0 Å². The maximum Gasteiger partial charge on any atom is 0.219 e. The fourth-order valence-corrected chi connectivity index (χ4v) is 3.28. The summed E-state index contributed by atoms with van der Waals surface area (Å²) in [4.78, 5) is 5.75. The molecule has 0 aliphatic heterocycles. The van der Waals surface area contributed by atoms with Gasteiger partial charge in [0.05, 0.1) is 10.7 Å². The summed E-state index contributed by atoms with van der Waals surface area (Å²) in [5, 5.41) is 17.2. The van der Waals surface area contributed by atoms with Gasteiger partial charge in [0.2, 0.25) is 11.8 Å². The zero-order valence-corrected chi connectivity index (χ0v) is 23.4. The van der Waals surface area contributed by atoms with Gasteiger partial charge in [0, 0.05) is 41.1 Å².